The topological polar surface area (TPSA) is 61.9 Å². The molecule has 0 atom stereocenters. The zero-order chi connectivity index (χ0) is 20.1. The molecule has 0 radical (unpaired) electrons. The van der Waals surface area contributed by atoms with Crippen molar-refractivity contribution in [3.8, 4) is 0 Å². The minimum Gasteiger partial charge on any atom is -0.378 e. The van der Waals surface area contributed by atoms with Crippen molar-refractivity contribution >= 4 is 11.9 Å². The summed E-state index contributed by atoms with van der Waals surface area (Å²) in [6.07, 6.45) is -3.23. The summed E-state index contributed by atoms with van der Waals surface area (Å²) in [5, 5.41) is 2.66. The Labute approximate surface area is 161 Å². The lowest BCUT2D eigenvalue weighted by molar-refractivity contribution is -0.141. The molecule has 6 nitrogen and oxygen atoms in total. The molecule has 154 valence electrons. The Hall–Kier alpha value is -2.29. The first kappa shape index (κ1) is 20.4. The van der Waals surface area contributed by atoms with E-state index in [-0.39, 0.29) is 24.4 Å². The first-order chi connectivity index (χ1) is 13.3. The highest BCUT2D eigenvalue weighted by atomic mass is 19.4. The van der Waals surface area contributed by atoms with Crippen LogP contribution in [0.4, 0.5) is 18.0 Å². The Balaban J connectivity index is 1.46. The van der Waals surface area contributed by atoms with Crippen LogP contribution in [0.2, 0.25) is 0 Å². The van der Waals surface area contributed by atoms with Crippen LogP contribution < -0.4 is 5.32 Å². The number of morpholine rings is 1. The number of hydrogen-bond donors (Lipinski definition) is 1. The number of hydrogen-bond acceptors (Lipinski definition) is 3. The lowest BCUT2D eigenvalue weighted by atomic mass is 9.95. The molecule has 0 aromatic heterocycles. The summed E-state index contributed by atoms with van der Waals surface area (Å²) in [6.45, 7) is 3.26. The second-order valence-corrected chi connectivity index (χ2v) is 7.06. The van der Waals surface area contributed by atoms with Gasteiger partial charge in [-0.3, -0.25) is 4.79 Å². The number of nitrogens with one attached hydrogen (secondary N) is 1. The minimum absolute atomic E-state index is 0.0232. The third-order valence-corrected chi connectivity index (χ3v) is 5.15. The first-order valence-corrected chi connectivity index (χ1v) is 9.40. The Morgan fingerprint density at radius 2 is 1.75 bits per heavy atom. The molecule has 1 aromatic carbocycles. The van der Waals surface area contributed by atoms with Gasteiger partial charge in [0.15, 0.2) is 0 Å². The van der Waals surface area contributed by atoms with Crippen molar-refractivity contribution in [2.45, 2.75) is 25.6 Å². The van der Waals surface area contributed by atoms with Crippen LogP contribution in [-0.2, 0) is 22.3 Å². The summed E-state index contributed by atoms with van der Waals surface area (Å²) in [4.78, 5) is 28.2. The smallest absolute Gasteiger partial charge is 0.378 e. The number of carbonyl (C=O) groups is 2. The van der Waals surface area contributed by atoms with E-state index in [0.29, 0.717) is 57.8 Å². The van der Waals surface area contributed by atoms with Crippen LogP contribution in [0, 0.1) is 5.92 Å². The summed E-state index contributed by atoms with van der Waals surface area (Å²) >= 11 is 0. The molecule has 0 aliphatic carbocycles. The molecule has 2 saturated heterocycles. The summed E-state index contributed by atoms with van der Waals surface area (Å²) < 4.78 is 43.5. The molecule has 2 heterocycles. The predicted molar refractivity (Wildman–Crippen MR) is 95.4 cm³/mol. The fourth-order valence-electron chi connectivity index (χ4n) is 3.52. The fraction of sp³-hybridized carbons (Fsp3) is 0.579. The van der Waals surface area contributed by atoms with E-state index in [1.807, 2.05) is 4.90 Å². The van der Waals surface area contributed by atoms with Crippen molar-refractivity contribution < 1.29 is 27.5 Å². The van der Waals surface area contributed by atoms with Gasteiger partial charge < -0.3 is 19.9 Å². The van der Waals surface area contributed by atoms with E-state index in [1.165, 1.54) is 6.07 Å². The second-order valence-electron chi connectivity index (χ2n) is 7.06. The van der Waals surface area contributed by atoms with Crippen molar-refractivity contribution in [3.05, 3.63) is 35.4 Å². The zero-order valence-corrected chi connectivity index (χ0v) is 15.5. The van der Waals surface area contributed by atoms with E-state index in [1.54, 1.807) is 11.0 Å². The van der Waals surface area contributed by atoms with Crippen LogP contribution in [0.1, 0.15) is 24.0 Å². The molecule has 1 aromatic rings. The first-order valence-electron chi connectivity index (χ1n) is 9.40. The Kier molecular flexibility index (Phi) is 6.43. The summed E-state index contributed by atoms with van der Waals surface area (Å²) in [5.74, 6) is 0.0259. The normalized spacial score (nSPS) is 18.8. The van der Waals surface area contributed by atoms with Gasteiger partial charge in [0.2, 0.25) is 5.91 Å². The number of nitrogens with zero attached hydrogens (tertiary/aromatic N) is 2. The SMILES string of the molecule is O=C(NCc1cccc(C(F)(F)F)c1)N1CCC(C(=O)N2CCOCC2)CC1. The van der Waals surface area contributed by atoms with Crippen LogP contribution in [0.25, 0.3) is 0 Å². The summed E-state index contributed by atoms with van der Waals surface area (Å²) in [6, 6.07) is 4.58. The number of alkyl halides is 3. The summed E-state index contributed by atoms with van der Waals surface area (Å²) in [7, 11) is 0. The quantitative estimate of drug-likeness (QED) is 0.850. The Bertz CT molecular complexity index is 697. The molecular weight excluding hydrogens is 375 g/mol. The van der Waals surface area contributed by atoms with Crippen molar-refractivity contribution in [2.24, 2.45) is 5.92 Å². The van der Waals surface area contributed by atoms with E-state index in [4.69, 9.17) is 4.74 Å². The third kappa shape index (κ3) is 5.15. The molecule has 2 fully saturated rings. The van der Waals surface area contributed by atoms with Gasteiger partial charge in [0.05, 0.1) is 18.8 Å². The maximum Gasteiger partial charge on any atom is 0.416 e. The average Bonchev–Trinajstić information content (AvgIpc) is 2.72. The lowest BCUT2D eigenvalue weighted by Gasteiger charge is -2.35. The zero-order valence-electron chi connectivity index (χ0n) is 15.5. The molecule has 9 heteroatoms. The number of amides is 3. The number of halogens is 3. The van der Waals surface area contributed by atoms with Gasteiger partial charge in [0.25, 0.3) is 0 Å². The van der Waals surface area contributed by atoms with Crippen molar-refractivity contribution in [1.82, 2.24) is 15.1 Å². The number of ether oxygens (including phenoxy) is 1. The molecule has 0 unspecified atom stereocenters. The third-order valence-electron chi connectivity index (χ3n) is 5.15. The van der Waals surface area contributed by atoms with Crippen LogP contribution in [0.3, 0.4) is 0 Å². The largest absolute Gasteiger partial charge is 0.416 e. The number of likely N-dealkylation sites (tertiary alicyclic amines) is 1. The van der Waals surface area contributed by atoms with Crippen molar-refractivity contribution in [3.63, 3.8) is 0 Å². The lowest BCUT2D eigenvalue weighted by Crippen LogP contribution is -2.49. The van der Waals surface area contributed by atoms with E-state index in [2.05, 4.69) is 5.32 Å². The predicted octanol–water partition coefficient (Wildman–Crippen LogP) is 2.49. The van der Waals surface area contributed by atoms with Crippen LogP contribution in [0.15, 0.2) is 24.3 Å². The van der Waals surface area contributed by atoms with E-state index >= 15 is 0 Å². The molecule has 0 saturated carbocycles. The average molecular weight is 399 g/mol. The molecule has 0 spiro atoms. The Morgan fingerprint density at radius 3 is 2.39 bits per heavy atom. The highest BCUT2D eigenvalue weighted by Crippen LogP contribution is 2.29. The fourth-order valence-corrected chi connectivity index (χ4v) is 3.52. The van der Waals surface area contributed by atoms with Gasteiger partial charge >= 0.3 is 12.2 Å². The standard InChI is InChI=1S/C19H24F3N3O3/c20-19(21,22)16-3-1-2-14(12-16)13-23-18(27)25-6-4-15(5-7-25)17(26)24-8-10-28-11-9-24/h1-3,12,15H,4-11,13H2,(H,23,27). The number of benzene rings is 1. The van der Waals surface area contributed by atoms with Crippen LogP contribution in [0.5, 0.6) is 0 Å². The van der Waals surface area contributed by atoms with Crippen molar-refractivity contribution in [1.29, 1.82) is 0 Å². The second kappa shape index (κ2) is 8.81. The van der Waals surface area contributed by atoms with E-state index in [9.17, 15) is 22.8 Å². The number of urea groups is 1. The number of piperidine rings is 1. The van der Waals surface area contributed by atoms with Crippen LogP contribution in [-0.4, -0.2) is 61.1 Å². The van der Waals surface area contributed by atoms with E-state index < -0.39 is 11.7 Å². The highest BCUT2D eigenvalue weighted by Gasteiger charge is 2.32. The maximum atomic E-state index is 12.8. The molecule has 2 aliphatic rings. The Morgan fingerprint density at radius 1 is 1.07 bits per heavy atom. The van der Waals surface area contributed by atoms with Crippen molar-refractivity contribution in [2.75, 3.05) is 39.4 Å². The maximum absolute atomic E-state index is 12.8. The molecule has 3 amide bonds. The molecule has 3 rings (SSSR count). The van der Waals surface area contributed by atoms with Gasteiger partial charge in [-0.2, -0.15) is 13.2 Å². The summed E-state index contributed by atoms with van der Waals surface area (Å²) in [5.41, 5.74) is -0.345. The molecule has 0 bridgehead atoms. The number of carbonyl (C=O) groups excluding carboxylic acids is 2. The van der Waals surface area contributed by atoms with Gasteiger partial charge in [-0.1, -0.05) is 12.1 Å². The van der Waals surface area contributed by atoms with Gasteiger partial charge in [-0.25, -0.2) is 4.79 Å². The van der Waals surface area contributed by atoms with Gasteiger partial charge in [0, 0.05) is 38.6 Å². The molecule has 2 aliphatic heterocycles. The monoisotopic (exact) mass is 399 g/mol. The minimum atomic E-state index is -4.41. The van der Waals surface area contributed by atoms with Gasteiger partial charge in [-0.05, 0) is 30.5 Å². The number of rotatable bonds is 3. The molecular formula is C19H24F3N3O3. The molecule has 1 N–H and O–H groups in total. The molecule has 28 heavy (non-hydrogen) atoms. The van der Waals surface area contributed by atoms with Crippen LogP contribution >= 0.6 is 0 Å². The van der Waals surface area contributed by atoms with Gasteiger partial charge in [-0.15, -0.1) is 0 Å². The van der Waals surface area contributed by atoms with Gasteiger partial charge in [0.1, 0.15) is 0 Å². The van der Waals surface area contributed by atoms with E-state index in [0.717, 1.165) is 12.1 Å². The highest BCUT2D eigenvalue weighted by molar-refractivity contribution is 5.80.